The van der Waals surface area contributed by atoms with E-state index in [-0.39, 0.29) is 0 Å². The first-order valence-electron chi connectivity index (χ1n) is 4.56. The van der Waals surface area contributed by atoms with Crippen molar-refractivity contribution < 1.29 is 4.65 Å². The molecule has 0 spiro atoms. The normalized spacial score (nSPS) is 10.8. The summed E-state index contributed by atoms with van der Waals surface area (Å²) in [5.41, 5.74) is 6.98. The predicted octanol–water partition coefficient (Wildman–Crippen LogP) is 2.47. The van der Waals surface area contributed by atoms with Gasteiger partial charge >= 0.3 is 5.34 Å². The number of allylic oxidation sites excluding steroid dienone is 4. The van der Waals surface area contributed by atoms with E-state index < -0.39 is 0 Å². The quantitative estimate of drug-likeness (QED) is 0.514. The molecule has 0 fully saturated rings. The van der Waals surface area contributed by atoms with E-state index in [9.17, 15) is 0 Å². The second-order valence-electron chi connectivity index (χ2n) is 2.85. The summed E-state index contributed by atoms with van der Waals surface area (Å²) in [6, 6.07) is 1.86. The van der Waals surface area contributed by atoms with Crippen LogP contribution in [0.1, 0.15) is 5.56 Å². The summed E-state index contributed by atoms with van der Waals surface area (Å²) in [5, 5.41) is 1.58. The summed E-state index contributed by atoms with van der Waals surface area (Å²) in [6.07, 6.45) is 10.2. The molecule has 0 bridgehead atoms. The Morgan fingerprint density at radius 2 is 2.38 bits per heavy atom. The van der Waals surface area contributed by atoms with Gasteiger partial charge in [-0.3, -0.25) is 4.98 Å². The number of halogens is 1. The number of rotatable bonds is 5. The number of nitrogens with two attached hydrogens (primary N) is 1. The molecule has 0 aliphatic rings. The lowest BCUT2D eigenvalue weighted by Gasteiger charge is -2.08. The Balaban J connectivity index is 2.89. The highest BCUT2D eigenvalue weighted by Crippen LogP contribution is 2.24. The Morgan fingerprint density at radius 1 is 1.56 bits per heavy atom. The van der Waals surface area contributed by atoms with Crippen LogP contribution in [0.2, 0.25) is 0 Å². The van der Waals surface area contributed by atoms with E-state index in [2.05, 4.69) is 11.6 Å². The maximum atomic E-state index is 5.33. The molecule has 0 saturated heterocycles. The maximum Gasteiger partial charge on any atom is 0.453 e. The van der Waals surface area contributed by atoms with Crippen molar-refractivity contribution in [2.45, 2.75) is 0 Å². The van der Waals surface area contributed by atoms with Gasteiger partial charge in [-0.05, 0) is 23.9 Å². The third-order valence-corrected chi connectivity index (χ3v) is 2.08. The Hall–Kier alpha value is -1.24. The molecule has 0 aromatic carbocycles. The first-order valence-corrected chi connectivity index (χ1v) is 5.81. The smallest absolute Gasteiger partial charge is 0.453 e. The molecule has 1 radical (unpaired) electrons. The van der Waals surface area contributed by atoms with Gasteiger partial charge in [-0.1, -0.05) is 41.1 Å². The highest BCUT2D eigenvalue weighted by atomic mass is 127. The van der Waals surface area contributed by atoms with Crippen LogP contribution in [0.15, 0.2) is 49.5 Å². The predicted molar refractivity (Wildman–Crippen MR) is 76.1 cm³/mol. The monoisotopic (exact) mass is 325 g/mol. The van der Waals surface area contributed by atoms with E-state index in [4.69, 9.17) is 10.4 Å². The summed E-state index contributed by atoms with van der Waals surface area (Å²) in [5.74, 6) is 0.684. The fourth-order valence-corrected chi connectivity index (χ4v) is 1.39. The number of hydrogen-bond donors (Lipinski definition) is 1. The Morgan fingerprint density at radius 3 is 3.06 bits per heavy atom. The van der Waals surface area contributed by atoms with E-state index in [1.165, 1.54) is 6.20 Å². The van der Waals surface area contributed by atoms with Crippen molar-refractivity contribution in [3.05, 3.63) is 55.0 Å². The minimum Gasteiger partial charge on any atom is -0.551 e. The molecule has 0 aliphatic carbocycles. The molecule has 1 aromatic heterocycles. The second-order valence-corrected chi connectivity index (χ2v) is 3.36. The highest BCUT2D eigenvalue weighted by molar-refractivity contribution is 14.1. The molecule has 0 atom stereocenters. The second kappa shape index (κ2) is 7.11. The van der Waals surface area contributed by atoms with Gasteiger partial charge in [0.25, 0.3) is 0 Å². The molecular weight excluding hydrogens is 314 g/mol. The zero-order valence-corrected chi connectivity index (χ0v) is 10.8. The van der Waals surface area contributed by atoms with E-state index >= 15 is 0 Å². The third kappa shape index (κ3) is 3.73. The van der Waals surface area contributed by atoms with Crippen molar-refractivity contribution in [3.63, 3.8) is 0 Å². The molecule has 3 nitrogen and oxygen atoms in total. The van der Waals surface area contributed by atoms with Gasteiger partial charge < -0.3 is 10.4 Å². The summed E-state index contributed by atoms with van der Waals surface area (Å²) < 4.78 is 5.33. The van der Waals surface area contributed by atoms with E-state index in [1.807, 2.05) is 40.6 Å². The fourth-order valence-electron chi connectivity index (χ4n) is 1.11. The Bertz CT molecular complexity index is 418. The Labute approximate surface area is 109 Å². The van der Waals surface area contributed by atoms with Crippen molar-refractivity contribution in [2.75, 3.05) is 0 Å². The maximum absolute atomic E-state index is 5.33. The van der Waals surface area contributed by atoms with Crippen LogP contribution >= 0.6 is 22.4 Å². The summed E-state index contributed by atoms with van der Waals surface area (Å²) in [4.78, 5) is 4.00. The number of aromatic nitrogens is 1. The van der Waals surface area contributed by atoms with E-state index in [0.717, 1.165) is 11.1 Å². The van der Waals surface area contributed by atoms with Crippen molar-refractivity contribution in [2.24, 2.45) is 5.73 Å². The van der Waals surface area contributed by atoms with E-state index in [1.54, 1.807) is 23.8 Å². The van der Waals surface area contributed by atoms with Crippen LogP contribution in [0.5, 0.6) is 5.75 Å². The molecule has 0 saturated carbocycles. The molecule has 16 heavy (non-hydrogen) atoms. The zero-order valence-electron chi connectivity index (χ0n) is 8.64. The lowest BCUT2D eigenvalue weighted by Crippen LogP contribution is -1.96. The van der Waals surface area contributed by atoms with Gasteiger partial charge in [0.15, 0.2) is 0 Å². The van der Waals surface area contributed by atoms with Crippen LogP contribution in [-0.4, -0.2) is 10.3 Å². The molecule has 0 unspecified atom stereocenters. The zero-order chi connectivity index (χ0) is 11.8. The molecule has 1 rings (SSSR count). The fraction of sp³-hybridized carbons (Fsp3) is 0. The Kier molecular flexibility index (Phi) is 5.70. The summed E-state index contributed by atoms with van der Waals surface area (Å²) in [7, 11) is 0. The lowest BCUT2D eigenvalue weighted by atomic mass is 10.1. The minimum atomic E-state index is 0.684. The first kappa shape index (κ1) is 12.8. The average Bonchev–Trinajstić information content (AvgIpc) is 2.30. The van der Waals surface area contributed by atoms with Crippen molar-refractivity contribution in [3.8, 4) is 5.75 Å². The molecule has 1 heterocycles. The number of nitrogens with zero attached hydrogens (tertiary/aromatic N) is 1. The van der Waals surface area contributed by atoms with Crippen LogP contribution in [0.25, 0.3) is 5.57 Å². The molecule has 0 amide bonds. The van der Waals surface area contributed by atoms with Crippen molar-refractivity contribution in [1.29, 1.82) is 0 Å². The lowest BCUT2D eigenvalue weighted by molar-refractivity contribution is 0.608. The third-order valence-electron chi connectivity index (χ3n) is 1.82. The minimum absolute atomic E-state index is 0.684. The van der Waals surface area contributed by atoms with Gasteiger partial charge in [-0.25, -0.2) is 0 Å². The topological polar surface area (TPSA) is 48.1 Å². The molecule has 81 valence electrons. The van der Waals surface area contributed by atoms with Gasteiger partial charge in [0.2, 0.25) is 0 Å². The SMILES string of the molecule is C=C(/C=C\C=C/N)c1ccncc1O[B]I. The van der Waals surface area contributed by atoms with Crippen LogP contribution in [0.4, 0.5) is 0 Å². The highest BCUT2D eigenvalue weighted by Gasteiger charge is 2.04. The van der Waals surface area contributed by atoms with Crippen LogP contribution in [0.3, 0.4) is 0 Å². The van der Waals surface area contributed by atoms with Crippen LogP contribution in [0, 0.1) is 0 Å². The van der Waals surface area contributed by atoms with Crippen LogP contribution in [-0.2, 0) is 0 Å². The molecular formula is C11H11BIN2O. The standard InChI is InChI=1S/C11H11BIN2O/c1-9(4-2-3-6-14)10-5-7-15-8-11(10)16-12-13/h2-8H,1,14H2/b4-2-,6-3-. The summed E-state index contributed by atoms with van der Waals surface area (Å²) >= 11 is 2.02. The average molecular weight is 325 g/mol. The summed E-state index contributed by atoms with van der Waals surface area (Å²) in [6.45, 7) is 3.95. The molecule has 2 N–H and O–H groups in total. The van der Waals surface area contributed by atoms with Gasteiger partial charge in [0.1, 0.15) is 5.75 Å². The largest absolute Gasteiger partial charge is 0.551 e. The van der Waals surface area contributed by atoms with Crippen molar-refractivity contribution >= 4 is 33.3 Å². The van der Waals surface area contributed by atoms with Crippen LogP contribution < -0.4 is 10.4 Å². The van der Waals surface area contributed by atoms with Gasteiger partial charge in [0, 0.05) is 11.8 Å². The van der Waals surface area contributed by atoms with Gasteiger partial charge in [-0.2, -0.15) is 0 Å². The van der Waals surface area contributed by atoms with E-state index in [0.29, 0.717) is 5.75 Å². The van der Waals surface area contributed by atoms with Crippen molar-refractivity contribution in [1.82, 2.24) is 4.98 Å². The first-order chi connectivity index (χ1) is 7.79. The molecule has 1 aromatic rings. The van der Waals surface area contributed by atoms with Gasteiger partial charge in [0.05, 0.1) is 6.20 Å². The molecule has 5 heteroatoms. The van der Waals surface area contributed by atoms with Gasteiger partial charge in [-0.15, -0.1) is 0 Å². The number of pyridine rings is 1. The number of hydrogen-bond acceptors (Lipinski definition) is 3. The molecule has 0 aliphatic heterocycles.